The Balaban J connectivity index is 1.83. The van der Waals surface area contributed by atoms with Crippen LogP contribution >= 0.6 is 0 Å². The lowest BCUT2D eigenvalue weighted by Gasteiger charge is -2.16. The number of nitrogens with one attached hydrogen (secondary N) is 2. The minimum absolute atomic E-state index is 0.211. The van der Waals surface area contributed by atoms with Crippen molar-refractivity contribution in [2.45, 2.75) is 19.3 Å². The molecular weight excluding hydrogens is 318 g/mol. The van der Waals surface area contributed by atoms with Crippen molar-refractivity contribution in [3.8, 4) is 5.75 Å². The number of tetrazole rings is 1. The first-order valence-corrected chi connectivity index (χ1v) is 8.08. The molecule has 0 bridgehead atoms. The number of aromatic amines is 1. The summed E-state index contributed by atoms with van der Waals surface area (Å²) in [6, 6.07) is 17.1. The number of amides is 1. The molecule has 0 aliphatic carbocycles. The summed E-state index contributed by atoms with van der Waals surface area (Å²) in [5.74, 6) is 0.216. The number of carbonyl (C=O) groups is 1. The van der Waals surface area contributed by atoms with E-state index in [-0.39, 0.29) is 5.91 Å². The Morgan fingerprint density at radius 3 is 2.64 bits per heavy atom. The fourth-order valence-electron chi connectivity index (χ4n) is 2.54. The van der Waals surface area contributed by atoms with Crippen LogP contribution in [-0.2, 0) is 11.2 Å². The van der Waals surface area contributed by atoms with Crippen LogP contribution in [0.4, 0.5) is 5.69 Å². The summed E-state index contributed by atoms with van der Waals surface area (Å²) in [6.45, 7) is 2.42. The van der Waals surface area contributed by atoms with Crippen LogP contribution < -0.4 is 10.1 Å². The summed E-state index contributed by atoms with van der Waals surface area (Å²) in [7, 11) is 0. The van der Waals surface area contributed by atoms with Gasteiger partial charge in [0.25, 0.3) is 0 Å². The van der Waals surface area contributed by atoms with E-state index in [0.29, 0.717) is 30.3 Å². The van der Waals surface area contributed by atoms with Crippen LogP contribution in [0.5, 0.6) is 5.75 Å². The highest BCUT2D eigenvalue weighted by atomic mass is 16.5. The zero-order valence-corrected chi connectivity index (χ0v) is 13.8. The summed E-state index contributed by atoms with van der Waals surface area (Å²) in [6.07, 6.45) is 0.475. The van der Waals surface area contributed by atoms with E-state index in [0.717, 1.165) is 5.56 Å². The van der Waals surface area contributed by atoms with E-state index < -0.39 is 5.92 Å². The van der Waals surface area contributed by atoms with Gasteiger partial charge in [-0.3, -0.25) is 4.79 Å². The zero-order chi connectivity index (χ0) is 17.5. The molecule has 0 saturated carbocycles. The van der Waals surface area contributed by atoms with Crippen LogP contribution in [0.1, 0.15) is 24.2 Å². The summed E-state index contributed by atoms with van der Waals surface area (Å²) in [5.41, 5.74) is 1.64. The normalized spacial score (nSPS) is 11.7. The Hall–Kier alpha value is -3.22. The summed E-state index contributed by atoms with van der Waals surface area (Å²) in [4.78, 5) is 12.9. The lowest BCUT2D eigenvalue weighted by Crippen LogP contribution is -2.24. The summed E-state index contributed by atoms with van der Waals surface area (Å²) < 4.78 is 5.56. The van der Waals surface area contributed by atoms with Crippen molar-refractivity contribution in [2.75, 3.05) is 11.9 Å². The number of para-hydroxylation sites is 2. The second-order valence-electron chi connectivity index (χ2n) is 5.43. The fraction of sp³-hybridized carbons (Fsp3) is 0.222. The van der Waals surface area contributed by atoms with Crippen molar-refractivity contribution < 1.29 is 9.53 Å². The van der Waals surface area contributed by atoms with Gasteiger partial charge in [0, 0.05) is 0 Å². The molecular formula is C18H19N5O2. The number of benzene rings is 2. The maximum absolute atomic E-state index is 12.9. The van der Waals surface area contributed by atoms with Crippen LogP contribution in [-0.4, -0.2) is 33.1 Å². The Labute approximate surface area is 145 Å². The van der Waals surface area contributed by atoms with Crippen LogP contribution in [0.25, 0.3) is 0 Å². The van der Waals surface area contributed by atoms with Gasteiger partial charge in [-0.15, -0.1) is 10.2 Å². The van der Waals surface area contributed by atoms with Crippen molar-refractivity contribution in [2.24, 2.45) is 0 Å². The molecule has 0 radical (unpaired) electrons. The van der Waals surface area contributed by atoms with Gasteiger partial charge < -0.3 is 10.1 Å². The van der Waals surface area contributed by atoms with Crippen LogP contribution in [0, 0.1) is 0 Å². The van der Waals surface area contributed by atoms with Gasteiger partial charge in [0.2, 0.25) is 5.91 Å². The van der Waals surface area contributed by atoms with Crippen molar-refractivity contribution in [3.05, 3.63) is 66.0 Å². The molecule has 1 heterocycles. The molecule has 1 aromatic heterocycles. The summed E-state index contributed by atoms with van der Waals surface area (Å²) >= 11 is 0. The second kappa shape index (κ2) is 8.05. The van der Waals surface area contributed by atoms with Crippen molar-refractivity contribution in [3.63, 3.8) is 0 Å². The number of carbonyl (C=O) groups excluding carboxylic acids is 1. The van der Waals surface area contributed by atoms with Crippen LogP contribution in [0.2, 0.25) is 0 Å². The second-order valence-corrected chi connectivity index (χ2v) is 5.43. The quantitative estimate of drug-likeness (QED) is 0.691. The lowest BCUT2D eigenvalue weighted by atomic mass is 9.97. The van der Waals surface area contributed by atoms with E-state index in [2.05, 4.69) is 25.9 Å². The SMILES string of the molecule is CCOc1ccccc1NC(=O)C(Cc1ccccc1)c1nn[nH]n1. The van der Waals surface area contributed by atoms with Crippen molar-refractivity contribution in [1.82, 2.24) is 20.6 Å². The number of hydrogen-bond donors (Lipinski definition) is 2. The first kappa shape index (κ1) is 16.6. The molecule has 25 heavy (non-hydrogen) atoms. The molecule has 2 aromatic carbocycles. The molecule has 0 saturated heterocycles. The predicted octanol–water partition coefficient (Wildman–Crippen LogP) is 2.56. The van der Waals surface area contributed by atoms with Crippen molar-refractivity contribution >= 4 is 11.6 Å². The molecule has 7 heteroatoms. The maximum atomic E-state index is 12.9. The van der Waals surface area contributed by atoms with Gasteiger partial charge in [0.15, 0.2) is 5.82 Å². The predicted molar refractivity (Wildman–Crippen MR) is 93.3 cm³/mol. The molecule has 128 valence electrons. The largest absolute Gasteiger partial charge is 0.492 e. The molecule has 2 N–H and O–H groups in total. The highest BCUT2D eigenvalue weighted by Crippen LogP contribution is 2.26. The number of ether oxygens (including phenoxy) is 1. The molecule has 1 atom stereocenters. The molecule has 1 amide bonds. The number of aromatic nitrogens is 4. The monoisotopic (exact) mass is 337 g/mol. The number of H-pyrrole nitrogens is 1. The molecule has 0 aliphatic rings. The van der Waals surface area contributed by atoms with Gasteiger partial charge in [-0.2, -0.15) is 5.21 Å². The first-order chi connectivity index (χ1) is 12.3. The summed E-state index contributed by atoms with van der Waals surface area (Å²) in [5, 5.41) is 16.9. The van der Waals surface area contributed by atoms with Crippen LogP contribution in [0.15, 0.2) is 54.6 Å². The first-order valence-electron chi connectivity index (χ1n) is 8.08. The van der Waals surface area contributed by atoms with E-state index in [1.807, 2.05) is 55.5 Å². The molecule has 1 unspecified atom stereocenters. The molecule has 0 aliphatic heterocycles. The Morgan fingerprint density at radius 1 is 1.16 bits per heavy atom. The number of rotatable bonds is 7. The third-order valence-electron chi connectivity index (χ3n) is 3.72. The minimum atomic E-state index is -0.559. The van der Waals surface area contributed by atoms with Crippen molar-refractivity contribution in [1.29, 1.82) is 0 Å². The highest BCUT2D eigenvalue weighted by molar-refractivity contribution is 5.96. The molecule has 7 nitrogen and oxygen atoms in total. The lowest BCUT2D eigenvalue weighted by molar-refractivity contribution is -0.117. The van der Waals surface area contributed by atoms with E-state index in [9.17, 15) is 4.79 Å². The van der Waals surface area contributed by atoms with Gasteiger partial charge in [-0.05, 0) is 31.0 Å². The van der Waals surface area contributed by atoms with Gasteiger partial charge >= 0.3 is 0 Å². The van der Waals surface area contributed by atoms with E-state index >= 15 is 0 Å². The fourth-order valence-corrected chi connectivity index (χ4v) is 2.54. The zero-order valence-electron chi connectivity index (χ0n) is 13.8. The Bertz CT molecular complexity index is 805. The molecule has 3 aromatic rings. The topological polar surface area (TPSA) is 92.8 Å². The molecule has 0 fully saturated rings. The van der Waals surface area contributed by atoms with Gasteiger partial charge in [0.05, 0.1) is 12.3 Å². The maximum Gasteiger partial charge on any atom is 0.235 e. The number of hydrogen-bond acceptors (Lipinski definition) is 5. The van der Waals surface area contributed by atoms with E-state index in [1.165, 1.54) is 0 Å². The van der Waals surface area contributed by atoms with E-state index in [4.69, 9.17) is 4.74 Å². The number of nitrogens with zero attached hydrogens (tertiary/aromatic N) is 3. The Kier molecular flexibility index (Phi) is 5.36. The van der Waals surface area contributed by atoms with Gasteiger partial charge in [-0.1, -0.05) is 47.7 Å². The average molecular weight is 337 g/mol. The average Bonchev–Trinajstić information content (AvgIpc) is 3.17. The Morgan fingerprint density at radius 2 is 1.92 bits per heavy atom. The smallest absolute Gasteiger partial charge is 0.235 e. The minimum Gasteiger partial charge on any atom is -0.492 e. The van der Waals surface area contributed by atoms with Gasteiger partial charge in [0.1, 0.15) is 11.7 Å². The van der Waals surface area contributed by atoms with Crippen LogP contribution in [0.3, 0.4) is 0 Å². The van der Waals surface area contributed by atoms with E-state index in [1.54, 1.807) is 6.07 Å². The third-order valence-corrected chi connectivity index (χ3v) is 3.72. The standard InChI is InChI=1S/C18H19N5O2/c1-2-25-16-11-7-6-10-15(16)19-18(24)14(17-20-22-23-21-17)12-13-8-4-3-5-9-13/h3-11,14H,2,12H2,1H3,(H,19,24)(H,20,21,22,23). The highest BCUT2D eigenvalue weighted by Gasteiger charge is 2.26. The molecule has 0 spiro atoms. The van der Waals surface area contributed by atoms with Gasteiger partial charge in [-0.25, -0.2) is 0 Å². The third kappa shape index (κ3) is 4.20. The number of anilines is 1. The molecule has 3 rings (SSSR count).